The van der Waals surface area contributed by atoms with E-state index < -0.39 is 5.76 Å². The Hall–Kier alpha value is -3.35. The van der Waals surface area contributed by atoms with Crippen molar-refractivity contribution in [1.29, 1.82) is 0 Å². The van der Waals surface area contributed by atoms with E-state index in [-0.39, 0.29) is 24.8 Å². The van der Waals surface area contributed by atoms with Crippen molar-refractivity contribution in [2.45, 2.75) is 19.4 Å². The molecule has 2 amide bonds. The summed E-state index contributed by atoms with van der Waals surface area (Å²) >= 11 is 0. The Morgan fingerprint density at radius 2 is 1.78 bits per heavy atom. The van der Waals surface area contributed by atoms with Gasteiger partial charge in [0.05, 0.1) is 12.1 Å². The fourth-order valence-electron chi connectivity index (χ4n) is 2.83. The lowest BCUT2D eigenvalue weighted by molar-refractivity contribution is -0.133. The Balaban J connectivity index is 1.49. The number of para-hydroxylation sites is 3. The SMILES string of the molecule is CN(CC(=O)Nc1ccccc1)C(=O)CCCn1c(=O)oc2ccccc21. The predicted octanol–water partition coefficient (Wildman–Crippen LogP) is 2.47. The molecule has 0 radical (unpaired) electrons. The Kier molecular flexibility index (Phi) is 5.71. The molecule has 3 aromatic rings. The lowest BCUT2D eigenvalue weighted by Gasteiger charge is -2.16. The number of anilines is 1. The van der Waals surface area contributed by atoms with Crippen LogP contribution in [0.4, 0.5) is 5.69 Å². The molecule has 0 bridgehead atoms. The average Bonchev–Trinajstić information content (AvgIpc) is 2.97. The molecule has 0 saturated carbocycles. The molecule has 0 aliphatic rings. The molecule has 0 fully saturated rings. The summed E-state index contributed by atoms with van der Waals surface area (Å²) in [6.45, 7) is 0.355. The van der Waals surface area contributed by atoms with Gasteiger partial charge in [0.15, 0.2) is 5.58 Å². The highest BCUT2D eigenvalue weighted by Gasteiger charge is 2.14. The van der Waals surface area contributed by atoms with E-state index in [4.69, 9.17) is 4.42 Å². The minimum Gasteiger partial charge on any atom is -0.408 e. The summed E-state index contributed by atoms with van der Waals surface area (Å²) in [5.41, 5.74) is 1.93. The first-order chi connectivity index (χ1) is 13.0. The number of hydrogen-bond donors (Lipinski definition) is 1. The monoisotopic (exact) mass is 367 g/mol. The third kappa shape index (κ3) is 4.63. The highest BCUT2D eigenvalue weighted by molar-refractivity contribution is 5.94. The number of carbonyl (C=O) groups is 2. The Labute approximate surface area is 156 Å². The molecular formula is C20H21N3O4. The predicted molar refractivity (Wildman–Crippen MR) is 102 cm³/mol. The average molecular weight is 367 g/mol. The maximum atomic E-state index is 12.2. The molecule has 1 heterocycles. The van der Waals surface area contributed by atoms with Crippen molar-refractivity contribution in [3.63, 3.8) is 0 Å². The molecule has 0 aliphatic carbocycles. The van der Waals surface area contributed by atoms with Crippen LogP contribution < -0.4 is 11.1 Å². The number of carbonyl (C=O) groups excluding carboxylic acids is 2. The molecule has 27 heavy (non-hydrogen) atoms. The fourth-order valence-corrected chi connectivity index (χ4v) is 2.83. The highest BCUT2D eigenvalue weighted by Crippen LogP contribution is 2.12. The maximum Gasteiger partial charge on any atom is 0.419 e. The number of aryl methyl sites for hydroxylation is 1. The van der Waals surface area contributed by atoms with E-state index >= 15 is 0 Å². The Bertz CT molecular complexity index is 991. The van der Waals surface area contributed by atoms with Crippen molar-refractivity contribution in [3.05, 3.63) is 65.1 Å². The zero-order valence-electron chi connectivity index (χ0n) is 15.1. The molecule has 0 aliphatic heterocycles. The molecule has 140 valence electrons. The number of benzene rings is 2. The summed E-state index contributed by atoms with van der Waals surface area (Å²) in [6.07, 6.45) is 0.716. The second kappa shape index (κ2) is 8.35. The zero-order valence-corrected chi connectivity index (χ0v) is 15.1. The van der Waals surface area contributed by atoms with E-state index in [0.717, 1.165) is 0 Å². The van der Waals surface area contributed by atoms with Crippen LogP contribution in [0.2, 0.25) is 0 Å². The molecule has 3 rings (SSSR count). The first-order valence-electron chi connectivity index (χ1n) is 8.72. The summed E-state index contributed by atoms with van der Waals surface area (Å²) in [4.78, 5) is 37.6. The third-order valence-corrected chi connectivity index (χ3v) is 4.21. The molecule has 1 aromatic heterocycles. The van der Waals surface area contributed by atoms with Crippen LogP contribution in [0, 0.1) is 0 Å². The van der Waals surface area contributed by atoms with Gasteiger partial charge in [0, 0.05) is 25.7 Å². The fraction of sp³-hybridized carbons (Fsp3) is 0.250. The molecule has 0 spiro atoms. The third-order valence-electron chi connectivity index (χ3n) is 4.21. The lowest BCUT2D eigenvalue weighted by Crippen LogP contribution is -2.35. The van der Waals surface area contributed by atoms with Crippen molar-refractivity contribution in [2.75, 3.05) is 18.9 Å². The summed E-state index contributed by atoms with van der Waals surface area (Å²) in [7, 11) is 1.59. The number of oxazole rings is 1. The number of nitrogens with one attached hydrogen (secondary N) is 1. The molecule has 7 nitrogen and oxygen atoms in total. The summed E-state index contributed by atoms with van der Waals surface area (Å²) in [6, 6.07) is 16.3. The minimum absolute atomic E-state index is 0.0255. The standard InChI is InChI=1S/C20H21N3O4/c1-22(14-18(24)21-15-8-3-2-4-9-15)19(25)12-7-13-23-16-10-5-6-11-17(16)27-20(23)26/h2-6,8-11H,7,12-14H2,1H3,(H,21,24). The second-order valence-corrected chi connectivity index (χ2v) is 6.25. The van der Waals surface area contributed by atoms with E-state index in [9.17, 15) is 14.4 Å². The number of nitrogens with zero attached hydrogens (tertiary/aromatic N) is 2. The first kappa shape index (κ1) is 18.4. The summed E-state index contributed by atoms with van der Waals surface area (Å²) in [5.74, 6) is -0.840. The first-order valence-corrected chi connectivity index (χ1v) is 8.72. The van der Waals surface area contributed by atoms with Crippen LogP contribution in [-0.4, -0.2) is 34.9 Å². The van der Waals surface area contributed by atoms with Gasteiger partial charge in [-0.3, -0.25) is 14.2 Å². The van der Waals surface area contributed by atoms with Gasteiger partial charge in [0.2, 0.25) is 11.8 Å². The minimum atomic E-state index is -0.431. The zero-order chi connectivity index (χ0) is 19.2. The molecule has 0 atom stereocenters. The van der Waals surface area contributed by atoms with E-state index in [1.807, 2.05) is 30.3 Å². The number of hydrogen-bond acceptors (Lipinski definition) is 4. The van der Waals surface area contributed by atoms with E-state index in [2.05, 4.69) is 5.32 Å². The van der Waals surface area contributed by atoms with E-state index in [0.29, 0.717) is 29.8 Å². The van der Waals surface area contributed by atoms with Gasteiger partial charge < -0.3 is 14.6 Å². The van der Waals surface area contributed by atoms with Gasteiger partial charge >= 0.3 is 5.76 Å². The van der Waals surface area contributed by atoms with Gasteiger partial charge in [-0.15, -0.1) is 0 Å². The molecule has 2 aromatic carbocycles. The second-order valence-electron chi connectivity index (χ2n) is 6.25. The van der Waals surface area contributed by atoms with Gasteiger partial charge in [-0.1, -0.05) is 30.3 Å². The number of fused-ring (bicyclic) bond motifs is 1. The van der Waals surface area contributed by atoms with Crippen LogP contribution in [-0.2, 0) is 16.1 Å². The van der Waals surface area contributed by atoms with Gasteiger partial charge in [0.1, 0.15) is 0 Å². The van der Waals surface area contributed by atoms with Gasteiger partial charge in [-0.2, -0.15) is 0 Å². The van der Waals surface area contributed by atoms with Crippen LogP contribution in [0.25, 0.3) is 11.1 Å². The smallest absolute Gasteiger partial charge is 0.408 e. The van der Waals surface area contributed by atoms with Gasteiger partial charge in [-0.25, -0.2) is 4.79 Å². The van der Waals surface area contributed by atoms with Crippen molar-refractivity contribution >= 4 is 28.6 Å². The molecule has 1 N–H and O–H groups in total. The normalized spacial score (nSPS) is 10.7. The lowest BCUT2D eigenvalue weighted by atomic mass is 10.2. The van der Waals surface area contributed by atoms with Crippen LogP contribution in [0.15, 0.2) is 63.8 Å². The van der Waals surface area contributed by atoms with Crippen molar-refractivity contribution in [3.8, 4) is 0 Å². The van der Waals surface area contributed by atoms with Crippen LogP contribution in [0.1, 0.15) is 12.8 Å². The van der Waals surface area contributed by atoms with Crippen LogP contribution in [0.5, 0.6) is 0 Å². The van der Waals surface area contributed by atoms with E-state index in [1.54, 1.807) is 31.3 Å². The van der Waals surface area contributed by atoms with Gasteiger partial charge in [-0.05, 0) is 30.7 Å². The van der Waals surface area contributed by atoms with Crippen molar-refractivity contribution in [2.24, 2.45) is 0 Å². The van der Waals surface area contributed by atoms with Crippen LogP contribution in [0.3, 0.4) is 0 Å². The maximum absolute atomic E-state index is 12.2. The van der Waals surface area contributed by atoms with Gasteiger partial charge in [0.25, 0.3) is 0 Å². The summed E-state index contributed by atoms with van der Waals surface area (Å²) in [5, 5.41) is 2.74. The number of amides is 2. The largest absolute Gasteiger partial charge is 0.419 e. The van der Waals surface area contributed by atoms with E-state index in [1.165, 1.54) is 9.47 Å². The molecule has 0 saturated heterocycles. The number of rotatable bonds is 7. The molecular weight excluding hydrogens is 346 g/mol. The van der Waals surface area contributed by atoms with Crippen molar-refractivity contribution in [1.82, 2.24) is 9.47 Å². The topological polar surface area (TPSA) is 84.5 Å². The number of likely N-dealkylation sites (N-methyl/N-ethyl adjacent to an activating group) is 1. The quantitative estimate of drug-likeness (QED) is 0.695. The van der Waals surface area contributed by atoms with Crippen LogP contribution >= 0.6 is 0 Å². The highest BCUT2D eigenvalue weighted by atomic mass is 16.4. The van der Waals surface area contributed by atoms with Crippen molar-refractivity contribution < 1.29 is 14.0 Å². The summed E-state index contributed by atoms with van der Waals surface area (Å²) < 4.78 is 6.69. The Morgan fingerprint density at radius 3 is 2.56 bits per heavy atom. The molecule has 0 unspecified atom stereocenters. The number of aromatic nitrogens is 1. The Morgan fingerprint density at radius 1 is 1.07 bits per heavy atom. The molecule has 7 heteroatoms.